The molecule has 1 aromatic carbocycles. The van der Waals surface area contributed by atoms with Gasteiger partial charge in [-0.3, -0.25) is 9.59 Å². The van der Waals surface area contributed by atoms with Crippen LogP contribution in [0.1, 0.15) is 63.9 Å². The maximum Gasteiger partial charge on any atom is 0.457 e. The Balaban J connectivity index is 1.72. The molecule has 1 unspecified atom stereocenters. The summed E-state index contributed by atoms with van der Waals surface area (Å²) in [6, 6.07) is 8.35. The number of Topliss-reactive ketones (excluding diaryl/α,β-unsaturated/α-hetero) is 1. The van der Waals surface area contributed by atoms with Gasteiger partial charge in [-0.2, -0.15) is 13.2 Å². The summed E-state index contributed by atoms with van der Waals surface area (Å²) in [7, 11) is 5.36. The third-order valence-corrected chi connectivity index (χ3v) is 10.3. The van der Waals surface area contributed by atoms with Crippen LogP contribution in [0.4, 0.5) is 18.9 Å². The van der Waals surface area contributed by atoms with Crippen molar-refractivity contribution < 1.29 is 27.5 Å². The molecule has 6 atom stereocenters. The van der Waals surface area contributed by atoms with Gasteiger partial charge in [-0.15, -0.1) is 0 Å². The Morgan fingerprint density at radius 3 is 2.50 bits per heavy atom. The van der Waals surface area contributed by atoms with Crippen molar-refractivity contribution in [3.05, 3.63) is 52.6 Å². The lowest BCUT2D eigenvalue weighted by atomic mass is 9.47. The van der Waals surface area contributed by atoms with Crippen molar-refractivity contribution in [3.63, 3.8) is 0 Å². The number of anilines is 1. The highest BCUT2D eigenvalue weighted by molar-refractivity contribution is 5.93. The fourth-order valence-electron chi connectivity index (χ4n) is 8.45. The van der Waals surface area contributed by atoms with Gasteiger partial charge in [0.1, 0.15) is 6.61 Å². The molecule has 5 rings (SSSR count). The molecule has 0 heterocycles. The van der Waals surface area contributed by atoms with Crippen molar-refractivity contribution in [3.8, 4) is 11.8 Å². The molecule has 2 fully saturated rings. The van der Waals surface area contributed by atoms with Gasteiger partial charge in [-0.25, -0.2) is 0 Å². The molecule has 0 bridgehead atoms. The minimum absolute atomic E-state index is 0.0114. The normalized spacial score (nSPS) is 33.3. The van der Waals surface area contributed by atoms with Gasteiger partial charge >= 0.3 is 6.18 Å². The molecule has 4 aliphatic carbocycles. The predicted octanol–water partition coefficient (Wildman–Crippen LogP) is 6.67. The van der Waals surface area contributed by atoms with Gasteiger partial charge in [0, 0.05) is 45.2 Å². The first-order valence-electron chi connectivity index (χ1n) is 14.2. The minimum Gasteiger partial charge on any atom is -0.378 e. The highest BCUT2D eigenvalue weighted by Crippen LogP contribution is 2.70. The summed E-state index contributed by atoms with van der Waals surface area (Å²) in [5.41, 5.74) is 3.64. The highest BCUT2D eigenvalue weighted by Gasteiger charge is 2.66. The second-order valence-electron chi connectivity index (χ2n) is 12.6. The molecule has 0 radical (unpaired) electrons. The lowest BCUT2D eigenvalue weighted by molar-refractivity contribution is -0.137. The lowest BCUT2D eigenvalue weighted by Crippen LogP contribution is -2.52. The van der Waals surface area contributed by atoms with E-state index in [2.05, 4.69) is 37.1 Å². The van der Waals surface area contributed by atoms with Gasteiger partial charge in [-0.05, 0) is 90.2 Å². The fraction of sp³-hybridized carbons (Fsp3) is 0.576. The summed E-state index contributed by atoms with van der Waals surface area (Å²) in [5, 5.41) is 0. The van der Waals surface area contributed by atoms with E-state index in [9.17, 15) is 22.8 Å². The van der Waals surface area contributed by atoms with Crippen LogP contribution in [-0.2, 0) is 14.3 Å². The quantitative estimate of drug-likeness (QED) is 0.383. The molecule has 40 heavy (non-hydrogen) atoms. The van der Waals surface area contributed by atoms with Crippen LogP contribution in [0.15, 0.2) is 47.1 Å². The molecular formula is C33H38F3NO3. The average molecular weight is 554 g/mol. The van der Waals surface area contributed by atoms with Gasteiger partial charge in [0.15, 0.2) is 11.6 Å². The van der Waals surface area contributed by atoms with Crippen molar-refractivity contribution in [2.75, 3.05) is 32.7 Å². The number of carbonyl (C=O) groups is 2. The van der Waals surface area contributed by atoms with E-state index in [1.807, 2.05) is 32.0 Å². The molecule has 1 aromatic rings. The van der Waals surface area contributed by atoms with Crippen LogP contribution >= 0.6 is 0 Å². The Hall–Kier alpha value is -2.85. The number of ketones is 2. The molecule has 0 aliphatic heterocycles. The van der Waals surface area contributed by atoms with Crippen LogP contribution in [0.2, 0.25) is 0 Å². The molecule has 0 N–H and O–H groups in total. The first kappa shape index (κ1) is 28.7. The molecule has 4 nitrogen and oxygen atoms in total. The molecular weight excluding hydrogens is 515 g/mol. The maximum absolute atomic E-state index is 13.7. The van der Waals surface area contributed by atoms with Gasteiger partial charge in [0.2, 0.25) is 0 Å². The smallest absolute Gasteiger partial charge is 0.378 e. The SMILES string of the molecule is COCC(=O)[C@@]1(C#CC(F)(F)F)CC[C@H]2[C@@H]3CC(C)C4=CC(=O)CCC4=C3[C@@H](c3ccc(N(C)C)cc3)C[C@@]21C. The third kappa shape index (κ3) is 4.62. The van der Waals surface area contributed by atoms with E-state index in [-0.39, 0.29) is 41.8 Å². The summed E-state index contributed by atoms with van der Waals surface area (Å²) in [4.78, 5) is 28.2. The number of allylic oxidation sites excluding steroid dienone is 4. The summed E-state index contributed by atoms with van der Waals surface area (Å²) >= 11 is 0. The van der Waals surface area contributed by atoms with Crippen LogP contribution in [0.25, 0.3) is 0 Å². The second kappa shape index (κ2) is 10.2. The molecule has 0 amide bonds. The Bertz CT molecular complexity index is 1330. The number of nitrogens with zero attached hydrogens (tertiary/aromatic N) is 1. The monoisotopic (exact) mass is 553 g/mol. The second-order valence-corrected chi connectivity index (χ2v) is 12.6. The number of hydrogen-bond donors (Lipinski definition) is 0. The summed E-state index contributed by atoms with van der Waals surface area (Å²) in [5.74, 6) is 4.06. The van der Waals surface area contributed by atoms with Crippen molar-refractivity contribution >= 4 is 17.3 Å². The number of alkyl halides is 3. The maximum atomic E-state index is 13.7. The predicted molar refractivity (Wildman–Crippen MR) is 149 cm³/mol. The van der Waals surface area contributed by atoms with Crippen LogP contribution in [0.5, 0.6) is 0 Å². The molecule has 2 saturated carbocycles. The van der Waals surface area contributed by atoms with Gasteiger partial charge in [0.05, 0.1) is 5.41 Å². The molecule has 0 spiro atoms. The van der Waals surface area contributed by atoms with E-state index in [1.54, 1.807) is 0 Å². The number of methoxy groups -OCH3 is 1. The first-order chi connectivity index (χ1) is 18.8. The van der Waals surface area contributed by atoms with Crippen molar-refractivity contribution in [2.24, 2.45) is 28.6 Å². The van der Waals surface area contributed by atoms with E-state index in [0.717, 1.165) is 23.2 Å². The minimum atomic E-state index is -4.69. The zero-order valence-electron chi connectivity index (χ0n) is 24.0. The van der Waals surface area contributed by atoms with Gasteiger partial charge < -0.3 is 9.64 Å². The Kier molecular flexibility index (Phi) is 7.32. The van der Waals surface area contributed by atoms with E-state index < -0.39 is 17.0 Å². The number of carbonyl (C=O) groups excluding carboxylic acids is 2. The molecule has 0 aromatic heterocycles. The van der Waals surface area contributed by atoms with E-state index in [0.29, 0.717) is 32.1 Å². The summed E-state index contributed by atoms with van der Waals surface area (Å²) in [6.07, 6.45) is 0.560. The lowest BCUT2D eigenvalue weighted by Gasteiger charge is -2.55. The Morgan fingerprint density at radius 1 is 1.18 bits per heavy atom. The highest BCUT2D eigenvalue weighted by atomic mass is 19.4. The summed E-state index contributed by atoms with van der Waals surface area (Å²) in [6.45, 7) is 3.89. The zero-order valence-corrected chi connectivity index (χ0v) is 24.0. The summed E-state index contributed by atoms with van der Waals surface area (Å²) < 4.78 is 45.7. The standard InChI is InChI=1S/C33H38F3NO3/c1-20-16-26-28-12-13-32(29(39)19-40-5,14-15-33(34,35)36)31(28,2)18-27(21-6-8-22(9-7-21)37(3)4)30(26)24-11-10-23(38)17-25(20)24/h6-9,17,20,26-28H,10-13,16,18-19H2,1-5H3/t20?,26-,27+,28-,31-,32-/m0/s1. The topological polar surface area (TPSA) is 46.6 Å². The molecule has 7 heteroatoms. The van der Waals surface area contributed by atoms with Gasteiger partial charge in [0.25, 0.3) is 0 Å². The molecule has 4 aliphatic rings. The number of hydrogen-bond acceptors (Lipinski definition) is 4. The van der Waals surface area contributed by atoms with Crippen LogP contribution in [0.3, 0.4) is 0 Å². The van der Waals surface area contributed by atoms with Gasteiger partial charge in [-0.1, -0.05) is 37.5 Å². The number of rotatable bonds is 5. The molecule has 214 valence electrons. The number of fused-ring (bicyclic) bond motifs is 4. The number of halogens is 3. The first-order valence-corrected chi connectivity index (χ1v) is 14.2. The number of benzene rings is 1. The fourth-order valence-corrected chi connectivity index (χ4v) is 8.45. The molecule has 0 saturated heterocycles. The van der Waals surface area contributed by atoms with E-state index >= 15 is 0 Å². The number of ether oxygens (including phenoxy) is 1. The van der Waals surface area contributed by atoms with Crippen molar-refractivity contribution in [1.82, 2.24) is 0 Å². The Morgan fingerprint density at radius 2 is 1.88 bits per heavy atom. The van der Waals surface area contributed by atoms with Crippen LogP contribution in [-0.4, -0.2) is 45.6 Å². The van der Waals surface area contributed by atoms with Crippen molar-refractivity contribution in [2.45, 2.75) is 64.5 Å². The van der Waals surface area contributed by atoms with Crippen molar-refractivity contribution in [1.29, 1.82) is 0 Å². The van der Waals surface area contributed by atoms with E-state index in [4.69, 9.17) is 4.74 Å². The Labute approximate surface area is 235 Å². The average Bonchev–Trinajstić information content (AvgIpc) is 3.20. The third-order valence-electron chi connectivity index (χ3n) is 10.3. The largest absolute Gasteiger partial charge is 0.457 e. The van der Waals surface area contributed by atoms with Crippen LogP contribution < -0.4 is 4.90 Å². The van der Waals surface area contributed by atoms with Crippen LogP contribution in [0, 0.1) is 40.4 Å². The zero-order chi connectivity index (χ0) is 29.0. The van der Waals surface area contributed by atoms with E-state index in [1.165, 1.54) is 24.2 Å².